The predicted molar refractivity (Wildman–Crippen MR) is 67.6 cm³/mol. The maximum atomic E-state index is 11.5. The summed E-state index contributed by atoms with van der Waals surface area (Å²) in [7, 11) is 0. The highest BCUT2D eigenvalue weighted by Gasteiger charge is 2.06. The number of carbonyl (C=O) groups is 1. The van der Waals surface area contributed by atoms with Crippen molar-refractivity contribution in [2.24, 2.45) is 5.73 Å². The lowest BCUT2D eigenvalue weighted by atomic mass is 10.0. The van der Waals surface area contributed by atoms with Gasteiger partial charge in [0.2, 0.25) is 5.91 Å². The van der Waals surface area contributed by atoms with Crippen LogP contribution >= 0.6 is 0 Å². The van der Waals surface area contributed by atoms with Crippen LogP contribution in [0.15, 0.2) is 18.2 Å². The molecular formula is C13H20N2O. The second kappa shape index (κ2) is 5.66. The summed E-state index contributed by atoms with van der Waals surface area (Å²) < 4.78 is 0. The number of hydrogen-bond acceptors (Lipinski definition) is 2. The molecular weight excluding hydrogens is 200 g/mol. The minimum Gasteiger partial charge on any atom is -0.330 e. The van der Waals surface area contributed by atoms with Gasteiger partial charge >= 0.3 is 0 Å². The van der Waals surface area contributed by atoms with Crippen LogP contribution in [0.1, 0.15) is 37.3 Å². The van der Waals surface area contributed by atoms with E-state index in [9.17, 15) is 4.79 Å². The molecule has 0 radical (unpaired) electrons. The van der Waals surface area contributed by atoms with Gasteiger partial charge in [-0.25, -0.2) is 0 Å². The van der Waals surface area contributed by atoms with E-state index < -0.39 is 0 Å². The van der Waals surface area contributed by atoms with Crippen molar-refractivity contribution in [2.45, 2.75) is 33.1 Å². The number of anilines is 1. The maximum Gasteiger partial charge on any atom is 0.225 e. The van der Waals surface area contributed by atoms with Crippen LogP contribution < -0.4 is 11.1 Å². The molecule has 0 bridgehead atoms. The molecule has 0 fully saturated rings. The van der Waals surface area contributed by atoms with E-state index in [2.05, 4.69) is 25.2 Å². The third-order valence-electron chi connectivity index (χ3n) is 2.57. The Morgan fingerprint density at radius 1 is 1.44 bits per heavy atom. The van der Waals surface area contributed by atoms with Gasteiger partial charge in [0.15, 0.2) is 0 Å². The zero-order valence-corrected chi connectivity index (χ0v) is 10.2. The molecule has 3 heteroatoms. The monoisotopic (exact) mass is 220 g/mol. The molecule has 0 aliphatic rings. The van der Waals surface area contributed by atoms with Crippen molar-refractivity contribution >= 4 is 11.6 Å². The Balaban J connectivity index is 2.86. The first kappa shape index (κ1) is 12.7. The summed E-state index contributed by atoms with van der Waals surface area (Å²) >= 11 is 0. The van der Waals surface area contributed by atoms with Gasteiger partial charge in [0.1, 0.15) is 0 Å². The third-order valence-corrected chi connectivity index (χ3v) is 2.57. The van der Waals surface area contributed by atoms with Crippen molar-refractivity contribution in [2.75, 3.05) is 11.9 Å². The average Bonchev–Trinajstić information content (AvgIpc) is 2.21. The quantitative estimate of drug-likeness (QED) is 0.818. The standard InChI is InChI=1S/C13H20N2O/c1-9(2)11-5-4-10(3)12(8-11)15-13(16)6-7-14/h4-5,8-9H,6-7,14H2,1-3H3,(H,15,16). The Morgan fingerprint density at radius 2 is 2.12 bits per heavy atom. The van der Waals surface area contributed by atoms with Crippen LogP contribution in [0.3, 0.4) is 0 Å². The molecule has 0 aliphatic heterocycles. The van der Waals surface area contributed by atoms with Crippen LogP contribution in [0, 0.1) is 6.92 Å². The number of hydrogen-bond donors (Lipinski definition) is 2. The van der Waals surface area contributed by atoms with E-state index in [-0.39, 0.29) is 5.91 Å². The van der Waals surface area contributed by atoms with E-state index in [1.165, 1.54) is 5.56 Å². The summed E-state index contributed by atoms with van der Waals surface area (Å²) in [6.07, 6.45) is 0.366. The number of nitrogens with one attached hydrogen (secondary N) is 1. The van der Waals surface area contributed by atoms with E-state index >= 15 is 0 Å². The Kier molecular flexibility index (Phi) is 4.50. The fourth-order valence-corrected chi connectivity index (χ4v) is 1.48. The minimum absolute atomic E-state index is 0.0218. The zero-order chi connectivity index (χ0) is 12.1. The van der Waals surface area contributed by atoms with E-state index in [1.54, 1.807) is 0 Å². The summed E-state index contributed by atoms with van der Waals surface area (Å²) in [5.74, 6) is 0.442. The molecule has 0 aliphatic carbocycles. The molecule has 1 aromatic carbocycles. The largest absolute Gasteiger partial charge is 0.330 e. The summed E-state index contributed by atoms with van der Waals surface area (Å²) in [4.78, 5) is 11.5. The molecule has 1 aromatic rings. The molecule has 3 nitrogen and oxygen atoms in total. The summed E-state index contributed by atoms with van der Waals surface area (Å²) in [6, 6.07) is 6.17. The topological polar surface area (TPSA) is 55.1 Å². The van der Waals surface area contributed by atoms with Crippen LogP contribution in [0.25, 0.3) is 0 Å². The fraction of sp³-hybridized carbons (Fsp3) is 0.462. The minimum atomic E-state index is -0.0218. The third kappa shape index (κ3) is 3.35. The lowest BCUT2D eigenvalue weighted by molar-refractivity contribution is -0.116. The van der Waals surface area contributed by atoms with Gasteiger partial charge in [-0.3, -0.25) is 4.79 Å². The van der Waals surface area contributed by atoms with Crippen molar-refractivity contribution in [3.8, 4) is 0 Å². The van der Waals surface area contributed by atoms with Crippen LogP contribution in [-0.4, -0.2) is 12.5 Å². The second-order valence-corrected chi connectivity index (χ2v) is 4.32. The SMILES string of the molecule is Cc1ccc(C(C)C)cc1NC(=O)CCN. The van der Waals surface area contributed by atoms with E-state index in [0.717, 1.165) is 11.3 Å². The average molecular weight is 220 g/mol. The fourth-order valence-electron chi connectivity index (χ4n) is 1.48. The first-order valence-electron chi connectivity index (χ1n) is 5.65. The molecule has 88 valence electrons. The first-order chi connectivity index (χ1) is 7.54. The van der Waals surface area contributed by atoms with E-state index in [4.69, 9.17) is 5.73 Å². The van der Waals surface area contributed by atoms with Gasteiger partial charge in [-0.05, 0) is 30.0 Å². The summed E-state index contributed by atoms with van der Waals surface area (Å²) in [5.41, 5.74) is 8.54. The Hall–Kier alpha value is -1.35. The molecule has 16 heavy (non-hydrogen) atoms. The Labute approximate surface area is 97.0 Å². The maximum absolute atomic E-state index is 11.5. The molecule has 1 amide bonds. The molecule has 0 heterocycles. The van der Waals surface area contributed by atoms with Crippen LogP contribution in [-0.2, 0) is 4.79 Å². The number of rotatable bonds is 4. The first-order valence-corrected chi connectivity index (χ1v) is 5.65. The van der Waals surface area contributed by atoms with Gasteiger partial charge in [-0.1, -0.05) is 26.0 Å². The Bertz CT molecular complexity index is 372. The molecule has 0 aromatic heterocycles. The zero-order valence-electron chi connectivity index (χ0n) is 10.2. The molecule has 0 unspecified atom stereocenters. The van der Waals surface area contributed by atoms with Crippen LogP contribution in [0.5, 0.6) is 0 Å². The molecule has 0 saturated heterocycles. The van der Waals surface area contributed by atoms with Gasteiger partial charge in [-0.2, -0.15) is 0 Å². The normalized spacial score (nSPS) is 10.6. The highest BCUT2D eigenvalue weighted by Crippen LogP contribution is 2.22. The van der Waals surface area contributed by atoms with Gasteiger partial charge in [0.25, 0.3) is 0 Å². The number of nitrogens with two attached hydrogens (primary N) is 1. The van der Waals surface area contributed by atoms with E-state index in [1.807, 2.05) is 19.1 Å². The highest BCUT2D eigenvalue weighted by atomic mass is 16.1. The summed E-state index contributed by atoms with van der Waals surface area (Å²) in [6.45, 7) is 6.64. The highest BCUT2D eigenvalue weighted by molar-refractivity contribution is 5.91. The molecule has 1 rings (SSSR count). The second-order valence-electron chi connectivity index (χ2n) is 4.32. The van der Waals surface area contributed by atoms with Crippen molar-refractivity contribution in [1.29, 1.82) is 0 Å². The summed E-state index contributed by atoms with van der Waals surface area (Å²) in [5, 5.41) is 2.89. The van der Waals surface area contributed by atoms with Crippen molar-refractivity contribution < 1.29 is 4.79 Å². The molecule has 0 saturated carbocycles. The molecule has 0 atom stereocenters. The number of aryl methyl sites for hydroxylation is 1. The van der Waals surface area contributed by atoms with Gasteiger partial charge < -0.3 is 11.1 Å². The Morgan fingerprint density at radius 3 is 2.69 bits per heavy atom. The number of amides is 1. The lowest BCUT2D eigenvalue weighted by Gasteiger charge is -2.12. The predicted octanol–water partition coefficient (Wildman–Crippen LogP) is 2.41. The van der Waals surface area contributed by atoms with Gasteiger partial charge in [-0.15, -0.1) is 0 Å². The lowest BCUT2D eigenvalue weighted by Crippen LogP contribution is -2.16. The number of carbonyl (C=O) groups excluding carboxylic acids is 1. The van der Waals surface area contributed by atoms with Gasteiger partial charge in [0.05, 0.1) is 0 Å². The van der Waals surface area contributed by atoms with E-state index in [0.29, 0.717) is 18.9 Å². The van der Waals surface area contributed by atoms with Crippen LogP contribution in [0.2, 0.25) is 0 Å². The van der Waals surface area contributed by atoms with Crippen molar-refractivity contribution in [3.05, 3.63) is 29.3 Å². The van der Waals surface area contributed by atoms with Crippen molar-refractivity contribution in [1.82, 2.24) is 0 Å². The van der Waals surface area contributed by atoms with Crippen LogP contribution in [0.4, 0.5) is 5.69 Å². The number of benzene rings is 1. The van der Waals surface area contributed by atoms with Crippen molar-refractivity contribution in [3.63, 3.8) is 0 Å². The smallest absolute Gasteiger partial charge is 0.225 e. The van der Waals surface area contributed by atoms with Gasteiger partial charge in [0, 0.05) is 18.7 Å². The molecule has 0 spiro atoms. The molecule has 3 N–H and O–H groups in total.